The first kappa shape index (κ1) is 26.2. The maximum atomic E-state index is 12.7. The molecule has 3 aromatic rings. The van der Waals surface area contributed by atoms with Crippen molar-refractivity contribution in [1.29, 1.82) is 0 Å². The van der Waals surface area contributed by atoms with E-state index < -0.39 is 11.7 Å². The molecule has 0 saturated carbocycles. The lowest BCUT2D eigenvalue weighted by molar-refractivity contribution is -0.137. The summed E-state index contributed by atoms with van der Waals surface area (Å²) in [5.41, 5.74) is 12.9. The number of hydrogen-bond acceptors (Lipinski definition) is 10. The van der Waals surface area contributed by atoms with Gasteiger partial charge in [-0.15, -0.1) is 5.10 Å². The number of benzene rings is 1. The third-order valence-electron chi connectivity index (χ3n) is 4.68. The fourth-order valence-corrected chi connectivity index (χ4v) is 3.05. The van der Waals surface area contributed by atoms with E-state index in [9.17, 15) is 13.2 Å². The van der Waals surface area contributed by atoms with Gasteiger partial charge in [-0.3, -0.25) is 4.99 Å². The Labute approximate surface area is 204 Å². The fraction of sp³-hybridized carbons (Fsp3) is 0.227. The van der Waals surface area contributed by atoms with Gasteiger partial charge < -0.3 is 20.7 Å². The molecule has 0 aliphatic rings. The highest BCUT2D eigenvalue weighted by molar-refractivity contribution is 6.23. The molecule has 0 saturated heterocycles. The molecular weight excluding hydrogens is 479 g/mol. The normalized spacial score (nSPS) is 13.1. The molecule has 1 aromatic carbocycles. The number of ether oxygens (including phenoxy) is 1. The summed E-state index contributed by atoms with van der Waals surface area (Å²) in [7, 11) is 3.06. The van der Waals surface area contributed by atoms with Gasteiger partial charge in [0.05, 0.1) is 16.8 Å². The van der Waals surface area contributed by atoms with E-state index >= 15 is 0 Å². The third kappa shape index (κ3) is 6.79. The highest BCUT2D eigenvalue weighted by Crippen LogP contribution is 2.29. The maximum Gasteiger partial charge on any atom is 0.417 e. The minimum Gasteiger partial charge on any atom is -0.471 e. The highest BCUT2D eigenvalue weighted by atomic mass is 19.4. The summed E-state index contributed by atoms with van der Waals surface area (Å²) >= 11 is 0. The maximum absolute atomic E-state index is 12.7. The van der Waals surface area contributed by atoms with Gasteiger partial charge >= 0.3 is 6.18 Å². The molecule has 0 unspecified atom stereocenters. The third-order valence-corrected chi connectivity index (χ3v) is 4.68. The van der Waals surface area contributed by atoms with E-state index in [-0.39, 0.29) is 18.4 Å². The molecule has 0 fully saturated rings. The van der Waals surface area contributed by atoms with Crippen LogP contribution in [-0.2, 0) is 12.6 Å². The lowest BCUT2D eigenvalue weighted by Crippen LogP contribution is -2.26. The Balaban J connectivity index is 1.73. The molecule has 6 N–H and O–H groups in total. The quantitative estimate of drug-likeness (QED) is 0.172. The number of nitrogens with two attached hydrogens (primary N) is 3. The number of alkyl halides is 3. The number of aromatic nitrogens is 3. The SMILES string of the molecule is CN=C(COc1ccc(C(F)(F)F)cn1)/C(=C\N)c1nc(-c2cccc(C/C(N)=N/N(C)N)c2)no1. The average molecular weight is 503 g/mol. The Bertz CT molecular complexity index is 1270. The number of aliphatic imine (C=N–C) groups is 1. The molecular formula is C22H24F3N9O2. The van der Waals surface area contributed by atoms with E-state index in [1.165, 1.54) is 13.2 Å². The summed E-state index contributed by atoms with van der Waals surface area (Å²) < 4.78 is 49.0. The Kier molecular flexibility index (Phi) is 8.22. The number of hydrazone groups is 1. The Morgan fingerprint density at radius 2 is 2.03 bits per heavy atom. The van der Waals surface area contributed by atoms with E-state index in [0.717, 1.165) is 22.8 Å². The second-order valence-corrected chi connectivity index (χ2v) is 7.39. The molecule has 0 spiro atoms. The van der Waals surface area contributed by atoms with Crippen LogP contribution >= 0.6 is 0 Å². The van der Waals surface area contributed by atoms with Crippen molar-refractivity contribution in [2.75, 3.05) is 20.7 Å². The van der Waals surface area contributed by atoms with Crippen molar-refractivity contribution < 1.29 is 22.4 Å². The van der Waals surface area contributed by atoms with Gasteiger partial charge in [0.25, 0.3) is 5.89 Å². The van der Waals surface area contributed by atoms with Gasteiger partial charge in [-0.1, -0.05) is 23.4 Å². The number of rotatable bonds is 9. The molecule has 36 heavy (non-hydrogen) atoms. The summed E-state index contributed by atoms with van der Waals surface area (Å²) in [5, 5.41) is 9.08. The van der Waals surface area contributed by atoms with Crippen LogP contribution in [0.3, 0.4) is 0 Å². The topological polar surface area (TPSA) is 167 Å². The van der Waals surface area contributed by atoms with Crippen molar-refractivity contribution in [3.8, 4) is 17.3 Å². The molecule has 0 radical (unpaired) electrons. The standard InChI is InChI=1S/C22H24F3N9O2/c1-29-17(12-35-19-7-6-15(11-30-19)22(23,24)25)16(10-26)21-31-20(33-36-21)14-5-3-4-13(8-14)9-18(27)32-34(2)28/h3-8,10-11H,9,12,26,28H2,1-2H3,(H2,27,32)/b16-10+,29-17?. The first-order chi connectivity index (χ1) is 17.1. The number of nitrogens with zero attached hydrogens (tertiary/aromatic N) is 6. The monoisotopic (exact) mass is 503 g/mol. The van der Waals surface area contributed by atoms with Crippen LogP contribution in [0.4, 0.5) is 13.2 Å². The second-order valence-electron chi connectivity index (χ2n) is 7.39. The van der Waals surface area contributed by atoms with Crippen molar-refractivity contribution in [2.45, 2.75) is 12.6 Å². The molecule has 3 rings (SSSR count). The van der Waals surface area contributed by atoms with Crippen molar-refractivity contribution in [2.24, 2.45) is 27.4 Å². The lowest BCUT2D eigenvalue weighted by Gasteiger charge is -2.10. The molecule has 0 aliphatic heterocycles. The largest absolute Gasteiger partial charge is 0.471 e. The van der Waals surface area contributed by atoms with Crippen LogP contribution in [0.15, 0.2) is 63.4 Å². The van der Waals surface area contributed by atoms with Gasteiger partial charge in [-0.05, 0) is 17.7 Å². The number of halogens is 3. The minimum atomic E-state index is -4.49. The molecule has 0 aliphatic carbocycles. The van der Waals surface area contributed by atoms with Gasteiger partial charge in [0.1, 0.15) is 12.4 Å². The van der Waals surface area contributed by atoms with E-state index in [1.807, 2.05) is 18.2 Å². The molecule has 0 atom stereocenters. The van der Waals surface area contributed by atoms with Crippen molar-refractivity contribution in [3.63, 3.8) is 0 Å². The Hall–Kier alpha value is -4.46. The zero-order chi connectivity index (χ0) is 26.3. The number of amidine groups is 1. The second kappa shape index (κ2) is 11.3. The molecule has 2 heterocycles. The number of hydrazine groups is 1. The van der Waals surface area contributed by atoms with Gasteiger partial charge in [0.2, 0.25) is 11.7 Å². The lowest BCUT2D eigenvalue weighted by atomic mass is 10.1. The van der Waals surface area contributed by atoms with Crippen molar-refractivity contribution >= 4 is 17.1 Å². The van der Waals surface area contributed by atoms with Crippen LogP contribution in [0.1, 0.15) is 17.0 Å². The minimum absolute atomic E-state index is 0.0211. The van der Waals surface area contributed by atoms with Crippen LogP contribution in [0.2, 0.25) is 0 Å². The van der Waals surface area contributed by atoms with Gasteiger partial charge in [-0.2, -0.15) is 18.2 Å². The average Bonchev–Trinajstić information content (AvgIpc) is 3.31. The summed E-state index contributed by atoms with van der Waals surface area (Å²) in [6, 6.07) is 9.28. The van der Waals surface area contributed by atoms with Gasteiger partial charge in [0, 0.05) is 44.5 Å². The predicted octanol–water partition coefficient (Wildman–Crippen LogP) is 2.22. The van der Waals surface area contributed by atoms with Crippen LogP contribution in [0, 0.1) is 0 Å². The molecule has 14 heteroatoms. The van der Waals surface area contributed by atoms with Crippen molar-refractivity contribution in [1.82, 2.24) is 20.2 Å². The fourth-order valence-electron chi connectivity index (χ4n) is 3.05. The van der Waals surface area contributed by atoms with Gasteiger partial charge in [-0.25, -0.2) is 15.9 Å². The summed E-state index contributed by atoms with van der Waals surface area (Å²) in [6.07, 6.45) is -2.23. The Morgan fingerprint density at radius 3 is 2.64 bits per heavy atom. The summed E-state index contributed by atoms with van der Waals surface area (Å²) in [5.74, 6) is 6.15. The smallest absolute Gasteiger partial charge is 0.417 e. The van der Waals surface area contributed by atoms with E-state index in [4.69, 9.17) is 26.6 Å². The predicted molar refractivity (Wildman–Crippen MR) is 127 cm³/mol. The molecule has 190 valence electrons. The van der Waals surface area contributed by atoms with Crippen LogP contribution in [0.25, 0.3) is 17.0 Å². The first-order valence-electron chi connectivity index (χ1n) is 10.4. The van der Waals surface area contributed by atoms with E-state index in [1.54, 1.807) is 13.1 Å². The molecule has 2 aromatic heterocycles. The van der Waals surface area contributed by atoms with Crippen LogP contribution in [0.5, 0.6) is 5.88 Å². The number of hydrogen-bond donors (Lipinski definition) is 3. The molecule has 11 nitrogen and oxygen atoms in total. The van der Waals surface area contributed by atoms with Crippen molar-refractivity contribution in [3.05, 3.63) is 65.8 Å². The highest BCUT2D eigenvalue weighted by Gasteiger charge is 2.30. The summed E-state index contributed by atoms with van der Waals surface area (Å²) in [6.45, 7) is -0.153. The first-order valence-corrected chi connectivity index (χ1v) is 10.4. The van der Waals surface area contributed by atoms with Gasteiger partial charge in [0.15, 0.2) is 0 Å². The molecule has 0 amide bonds. The van der Waals surface area contributed by atoms with Crippen LogP contribution in [-0.4, -0.2) is 52.5 Å². The van der Waals surface area contributed by atoms with Crippen LogP contribution < -0.4 is 22.0 Å². The van der Waals surface area contributed by atoms with E-state index in [0.29, 0.717) is 41.1 Å². The molecule has 0 bridgehead atoms. The van der Waals surface area contributed by atoms with E-state index in [2.05, 4.69) is 25.2 Å². The number of pyridine rings is 1. The summed E-state index contributed by atoms with van der Waals surface area (Å²) in [4.78, 5) is 12.2. The zero-order valence-electron chi connectivity index (χ0n) is 19.4. The Morgan fingerprint density at radius 1 is 1.25 bits per heavy atom. The zero-order valence-corrected chi connectivity index (χ0v) is 19.4.